The van der Waals surface area contributed by atoms with Crippen LogP contribution in [0.4, 0.5) is 13.2 Å². The van der Waals surface area contributed by atoms with Crippen molar-refractivity contribution in [3.63, 3.8) is 0 Å². The number of benzene rings is 3. The van der Waals surface area contributed by atoms with Crippen LogP contribution in [0.3, 0.4) is 0 Å². The molecule has 216 valence electrons. The molecule has 2 heterocycles. The summed E-state index contributed by atoms with van der Waals surface area (Å²) in [5.41, 5.74) is 3.23. The summed E-state index contributed by atoms with van der Waals surface area (Å²) in [5, 5.41) is 6.74. The average molecular weight is 609 g/mol. The molecular formula is C26H23F3N4O6S2. The number of carboxylic acid groups (broad SMARTS) is 1. The van der Waals surface area contributed by atoms with E-state index < -0.39 is 39.6 Å². The highest BCUT2D eigenvalue weighted by molar-refractivity contribution is 7.90. The van der Waals surface area contributed by atoms with Crippen molar-refractivity contribution in [1.29, 1.82) is 0 Å². The molecule has 2 unspecified atom stereocenters. The number of halogens is 3. The van der Waals surface area contributed by atoms with Crippen LogP contribution in [-0.2, 0) is 37.4 Å². The Bertz CT molecular complexity index is 1600. The second kappa shape index (κ2) is 12.3. The molecule has 1 aromatic heterocycles. The Labute approximate surface area is 235 Å². The van der Waals surface area contributed by atoms with Crippen LogP contribution in [0.1, 0.15) is 34.7 Å². The summed E-state index contributed by atoms with van der Waals surface area (Å²) in [7, 11) is -3.80. The maximum Gasteiger partial charge on any atom is 0.490 e. The lowest BCUT2D eigenvalue weighted by atomic mass is 10.0. The fourth-order valence-electron chi connectivity index (χ4n) is 4.00. The van der Waals surface area contributed by atoms with Crippen LogP contribution >= 0.6 is 0 Å². The molecule has 0 saturated carbocycles. The SMILES string of the molecule is O=C(O)C(F)(F)F.O=C1CC(c2ccc(C[C@H](NS(=O)(=O)c3ccccc3)c3nc4ccccc4[nH]3)cc2)[S+]([O-])N1. The van der Waals surface area contributed by atoms with Gasteiger partial charge in [-0.3, -0.25) is 4.79 Å². The number of aliphatic carboxylic acids is 1. The van der Waals surface area contributed by atoms with Gasteiger partial charge in [0.05, 0.1) is 39.8 Å². The number of amides is 1. The fraction of sp³-hybridized carbons (Fsp3) is 0.192. The molecule has 10 nitrogen and oxygen atoms in total. The molecule has 4 aromatic rings. The molecule has 41 heavy (non-hydrogen) atoms. The summed E-state index contributed by atoms with van der Waals surface area (Å²) in [5.74, 6) is -2.48. The normalized spacial score (nSPS) is 17.9. The molecule has 1 fully saturated rings. The van der Waals surface area contributed by atoms with E-state index in [9.17, 15) is 30.9 Å². The molecule has 0 aliphatic carbocycles. The second-order valence-electron chi connectivity index (χ2n) is 8.89. The van der Waals surface area contributed by atoms with Gasteiger partial charge < -0.3 is 14.6 Å². The molecule has 3 aromatic carbocycles. The highest BCUT2D eigenvalue weighted by Crippen LogP contribution is 2.31. The van der Waals surface area contributed by atoms with Gasteiger partial charge in [0.1, 0.15) is 5.82 Å². The van der Waals surface area contributed by atoms with Gasteiger partial charge in [-0.25, -0.2) is 22.9 Å². The highest BCUT2D eigenvalue weighted by Gasteiger charge is 2.38. The van der Waals surface area contributed by atoms with Gasteiger partial charge in [-0.05, 0) is 36.2 Å². The van der Waals surface area contributed by atoms with E-state index in [4.69, 9.17) is 9.90 Å². The Morgan fingerprint density at radius 3 is 2.24 bits per heavy atom. The van der Waals surface area contributed by atoms with Crippen LogP contribution in [-0.4, -0.2) is 46.1 Å². The average Bonchev–Trinajstić information content (AvgIpc) is 3.51. The van der Waals surface area contributed by atoms with Crippen molar-refractivity contribution in [1.82, 2.24) is 19.4 Å². The number of sulfonamides is 1. The largest absolute Gasteiger partial charge is 0.593 e. The van der Waals surface area contributed by atoms with Gasteiger partial charge in [-0.2, -0.15) is 17.9 Å². The van der Waals surface area contributed by atoms with E-state index in [-0.39, 0.29) is 22.5 Å². The van der Waals surface area contributed by atoms with E-state index in [0.717, 1.165) is 22.2 Å². The van der Waals surface area contributed by atoms with Gasteiger partial charge >= 0.3 is 12.1 Å². The van der Waals surface area contributed by atoms with Gasteiger partial charge in [0, 0.05) is 5.56 Å². The van der Waals surface area contributed by atoms with Crippen molar-refractivity contribution >= 4 is 44.3 Å². The van der Waals surface area contributed by atoms with Gasteiger partial charge in [0.15, 0.2) is 5.25 Å². The maximum absolute atomic E-state index is 13.1. The lowest BCUT2D eigenvalue weighted by Crippen LogP contribution is -2.31. The minimum absolute atomic E-state index is 0.173. The van der Waals surface area contributed by atoms with Crippen LogP contribution in [0.2, 0.25) is 0 Å². The monoisotopic (exact) mass is 608 g/mol. The third kappa shape index (κ3) is 7.64. The predicted octanol–water partition coefficient (Wildman–Crippen LogP) is 3.68. The number of carbonyl (C=O) groups excluding carboxylic acids is 1. The van der Waals surface area contributed by atoms with Gasteiger partial charge in [0.25, 0.3) is 5.91 Å². The summed E-state index contributed by atoms with van der Waals surface area (Å²) < 4.78 is 75.2. The zero-order valence-electron chi connectivity index (χ0n) is 21.0. The van der Waals surface area contributed by atoms with E-state index >= 15 is 0 Å². The lowest BCUT2D eigenvalue weighted by molar-refractivity contribution is -0.192. The van der Waals surface area contributed by atoms with Crippen LogP contribution in [0, 0.1) is 0 Å². The zero-order valence-corrected chi connectivity index (χ0v) is 22.6. The smallest absolute Gasteiger partial charge is 0.490 e. The molecule has 3 atom stereocenters. The van der Waals surface area contributed by atoms with Crippen molar-refractivity contribution < 1.29 is 40.8 Å². The molecule has 1 saturated heterocycles. The van der Waals surface area contributed by atoms with E-state index in [1.54, 1.807) is 30.3 Å². The van der Waals surface area contributed by atoms with E-state index in [1.165, 1.54) is 0 Å². The number of para-hydroxylation sites is 2. The molecule has 5 rings (SSSR count). The third-order valence-corrected chi connectivity index (χ3v) is 8.84. The summed E-state index contributed by atoms with van der Waals surface area (Å²) in [6, 6.07) is 22.5. The first-order valence-electron chi connectivity index (χ1n) is 11.9. The fourth-order valence-corrected chi connectivity index (χ4v) is 6.38. The summed E-state index contributed by atoms with van der Waals surface area (Å²) in [4.78, 5) is 28.5. The number of rotatable bonds is 7. The van der Waals surface area contributed by atoms with Crippen molar-refractivity contribution in [2.45, 2.75) is 35.2 Å². The summed E-state index contributed by atoms with van der Waals surface area (Å²) in [6.45, 7) is 0. The van der Waals surface area contributed by atoms with Gasteiger partial charge in [0.2, 0.25) is 10.0 Å². The van der Waals surface area contributed by atoms with Crippen LogP contribution in [0.5, 0.6) is 0 Å². The molecule has 4 N–H and O–H groups in total. The number of hydrogen-bond acceptors (Lipinski definition) is 6. The van der Waals surface area contributed by atoms with E-state index in [0.29, 0.717) is 12.2 Å². The number of carbonyl (C=O) groups is 2. The first-order valence-corrected chi connectivity index (χ1v) is 14.6. The number of nitrogens with one attached hydrogen (secondary N) is 3. The highest BCUT2D eigenvalue weighted by atomic mass is 32.2. The molecule has 1 aliphatic heterocycles. The number of aromatic amines is 1. The topological polar surface area (TPSA) is 164 Å². The zero-order chi connectivity index (χ0) is 29.8. The third-order valence-electron chi connectivity index (χ3n) is 5.97. The number of carboxylic acids is 1. The Hall–Kier alpha value is -3.92. The molecule has 0 bridgehead atoms. The first-order chi connectivity index (χ1) is 19.3. The molecule has 1 amide bonds. The molecule has 1 aliphatic rings. The van der Waals surface area contributed by atoms with Crippen molar-refractivity contribution in [3.8, 4) is 0 Å². The van der Waals surface area contributed by atoms with E-state index in [2.05, 4.69) is 19.4 Å². The van der Waals surface area contributed by atoms with Crippen LogP contribution < -0.4 is 9.44 Å². The van der Waals surface area contributed by atoms with Crippen molar-refractivity contribution in [2.75, 3.05) is 0 Å². The standard InChI is InChI=1S/C24H22N4O4S2.C2HF3O2/c29-23-15-22(33(30)27-23)17-12-10-16(11-13-17)14-21(24-25-19-8-4-5-9-20(19)26-24)28-34(31,32)18-6-2-1-3-7-18;3-2(4,5)1(6)7/h1-13,21-22,28H,14-15H2,(H,25,26)(H,27,29);(H,6,7)/t21-,22?,33?;/m0./s1. The van der Waals surface area contributed by atoms with Crippen LogP contribution in [0.25, 0.3) is 11.0 Å². The van der Waals surface area contributed by atoms with Crippen molar-refractivity contribution in [2.24, 2.45) is 0 Å². The summed E-state index contributed by atoms with van der Waals surface area (Å²) in [6.07, 6.45) is -4.55. The minimum atomic E-state index is -5.08. The van der Waals surface area contributed by atoms with Gasteiger partial charge in [-0.1, -0.05) is 54.6 Å². The lowest BCUT2D eigenvalue weighted by Gasteiger charge is -2.18. The number of alkyl halides is 3. The van der Waals surface area contributed by atoms with Crippen molar-refractivity contribution in [3.05, 3.63) is 95.8 Å². The second-order valence-corrected chi connectivity index (χ2v) is 12.0. The Balaban J connectivity index is 0.000000493. The molecule has 0 radical (unpaired) electrons. The number of aromatic nitrogens is 2. The quantitative estimate of drug-likeness (QED) is 0.233. The molecule has 15 heteroatoms. The number of H-pyrrole nitrogens is 1. The number of nitrogens with zero attached hydrogens (tertiary/aromatic N) is 1. The van der Waals surface area contributed by atoms with Gasteiger partial charge in [-0.15, -0.1) is 0 Å². The Morgan fingerprint density at radius 1 is 1.07 bits per heavy atom. The van der Waals surface area contributed by atoms with Crippen LogP contribution in [0.15, 0.2) is 83.8 Å². The first kappa shape index (κ1) is 30.0. The Morgan fingerprint density at radius 2 is 1.68 bits per heavy atom. The molecule has 0 spiro atoms. The number of fused-ring (bicyclic) bond motifs is 1. The molecular weight excluding hydrogens is 585 g/mol. The number of hydrogen-bond donors (Lipinski definition) is 4. The Kier molecular flexibility index (Phi) is 9.01. The number of imidazole rings is 1. The van der Waals surface area contributed by atoms with E-state index in [1.807, 2.05) is 48.5 Å². The summed E-state index contributed by atoms with van der Waals surface area (Å²) >= 11 is -1.44. The maximum atomic E-state index is 13.1. The minimum Gasteiger partial charge on any atom is -0.593 e. The predicted molar refractivity (Wildman–Crippen MR) is 143 cm³/mol.